The SMILES string of the molecule is CC(C)(C)NC(=O)[C@@H]1CC2CCCC2N1C[C@@H](O)[C@@H](N)Cc1ccccc1. The number of aliphatic hydroxyl groups is 1. The quantitative estimate of drug-likeness (QED) is 0.713. The molecule has 1 aliphatic carbocycles. The second-order valence-corrected chi connectivity index (χ2v) is 9.37. The van der Waals surface area contributed by atoms with Gasteiger partial charge in [0.15, 0.2) is 0 Å². The van der Waals surface area contributed by atoms with Crippen molar-refractivity contribution in [3.8, 4) is 0 Å². The van der Waals surface area contributed by atoms with Crippen LogP contribution in [0.15, 0.2) is 30.3 Å². The van der Waals surface area contributed by atoms with Gasteiger partial charge in [-0.3, -0.25) is 9.69 Å². The van der Waals surface area contributed by atoms with Crippen LogP contribution in [0.2, 0.25) is 0 Å². The first-order valence-electron chi connectivity index (χ1n) is 10.3. The number of nitrogens with two attached hydrogens (primary N) is 1. The summed E-state index contributed by atoms with van der Waals surface area (Å²) in [7, 11) is 0. The molecule has 1 aromatic rings. The number of hydrogen-bond donors (Lipinski definition) is 3. The fourth-order valence-corrected chi connectivity index (χ4v) is 4.73. The number of fused-ring (bicyclic) bond motifs is 1. The van der Waals surface area contributed by atoms with E-state index in [-0.39, 0.29) is 23.5 Å². The van der Waals surface area contributed by atoms with Crippen LogP contribution < -0.4 is 11.1 Å². The Kier molecular flexibility index (Phi) is 6.24. The van der Waals surface area contributed by atoms with Gasteiger partial charge in [-0.25, -0.2) is 0 Å². The first kappa shape index (κ1) is 20.3. The molecule has 2 unspecified atom stereocenters. The van der Waals surface area contributed by atoms with Gasteiger partial charge in [0.1, 0.15) is 0 Å². The third-order valence-electron chi connectivity index (χ3n) is 5.98. The smallest absolute Gasteiger partial charge is 0.237 e. The zero-order valence-corrected chi connectivity index (χ0v) is 16.9. The van der Waals surface area contributed by atoms with Crippen LogP contribution in [0.5, 0.6) is 0 Å². The standard InChI is InChI=1S/C22H35N3O2/c1-22(2,3)24-21(27)19-13-16-10-7-11-18(16)25(19)14-20(26)17(23)12-15-8-5-4-6-9-15/h4-6,8-9,16-20,26H,7,10-14,23H2,1-3H3,(H,24,27)/t16?,17-,18?,19-,20+/m0/s1. The minimum Gasteiger partial charge on any atom is -0.390 e. The Morgan fingerprint density at radius 2 is 2.00 bits per heavy atom. The van der Waals surface area contributed by atoms with Crippen molar-refractivity contribution >= 4 is 5.91 Å². The molecule has 5 nitrogen and oxygen atoms in total. The van der Waals surface area contributed by atoms with Crippen LogP contribution in [0.4, 0.5) is 0 Å². The summed E-state index contributed by atoms with van der Waals surface area (Å²) in [5.74, 6) is 0.652. The number of rotatable bonds is 6. The van der Waals surface area contributed by atoms with Crippen LogP contribution in [-0.2, 0) is 11.2 Å². The largest absolute Gasteiger partial charge is 0.390 e. The molecule has 1 aliphatic heterocycles. The molecule has 27 heavy (non-hydrogen) atoms. The molecular weight excluding hydrogens is 338 g/mol. The Morgan fingerprint density at radius 1 is 1.30 bits per heavy atom. The normalized spacial score (nSPS) is 28.0. The number of nitrogens with zero attached hydrogens (tertiary/aromatic N) is 1. The highest BCUT2D eigenvalue weighted by Gasteiger charge is 2.47. The minimum absolute atomic E-state index is 0.0840. The van der Waals surface area contributed by atoms with Gasteiger partial charge in [0.2, 0.25) is 5.91 Å². The first-order chi connectivity index (χ1) is 12.7. The molecule has 1 saturated carbocycles. The fraction of sp³-hybridized carbons (Fsp3) is 0.682. The van der Waals surface area contributed by atoms with Crippen molar-refractivity contribution in [3.63, 3.8) is 0 Å². The Balaban J connectivity index is 1.66. The van der Waals surface area contributed by atoms with E-state index in [2.05, 4.69) is 10.2 Å². The number of carbonyl (C=O) groups is 1. The molecule has 5 atom stereocenters. The lowest BCUT2D eigenvalue weighted by Crippen LogP contribution is -2.54. The number of carbonyl (C=O) groups excluding carboxylic acids is 1. The molecule has 3 rings (SSSR count). The summed E-state index contributed by atoms with van der Waals surface area (Å²) in [5.41, 5.74) is 7.19. The maximum atomic E-state index is 12.9. The van der Waals surface area contributed by atoms with Crippen molar-refractivity contribution in [2.24, 2.45) is 11.7 Å². The Bertz CT molecular complexity index is 628. The Morgan fingerprint density at radius 3 is 2.67 bits per heavy atom. The molecule has 1 heterocycles. The number of benzene rings is 1. The van der Waals surface area contributed by atoms with E-state index in [1.807, 2.05) is 51.1 Å². The molecule has 0 radical (unpaired) electrons. The van der Waals surface area contributed by atoms with Gasteiger partial charge in [-0.1, -0.05) is 36.8 Å². The van der Waals surface area contributed by atoms with Crippen LogP contribution in [0.1, 0.15) is 52.0 Å². The molecule has 4 N–H and O–H groups in total. The predicted molar refractivity (Wildman–Crippen MR) is 108 cm³/mol. The maximum Gasteiger partial charge on any atom is 0.237 e. The summed E-state index contributed by atoms with van der Waals surface area (Å²) >= 11 is 0. The zero-order valence-electron chi connectivity index (χ0n) is 16.9. The van der Waals surface area contributed by atoms with E-state index >= 15 is 0 Å². The highest BCUT2D eigenvalue weighted by atomic mass is 16.3. The van der Waals surface area contributed by atoms with Crippen LogP contribution in [0.25, 0.3) is 0 Å². The van der Waals surface area contributed by atoms with Gasteiger partial charge in [0.05, 0.1) is 12.1 Å². The average Bonchev–Trinajstić information content (AvgIpc) is 3.16. The molecule has 5 heteroatoms. The van der Waals surface area contributed by atoms with E-state index < -0.39 is 6.10 Å². The van der Waals surface area contributed by atoms with Gasteiger partial charge in [0.25, 0.3) is 0 Å². The molecule has 1 saturated heterocycles. The zero-order chi connectivity index (χ0) is 19.6. The summed E-state index contributed by atoms with van der Waals surface area (Å²) in [5, 5.41) is 13.9. The van der Waals surface area contributed by atoms with Gasteiger partial charge in [0, 0.05) is 24.2 Å². The van der Waals surface area contributed by atoms with Crippen molar-refractivity contribution < 1.29 is 9.90 Å². The van der Waals surface area contributed by atoms with Crippen molar-refractivity contribution in [2.75, 3.05) is 6.54 Å². The number of nitrogens with one attached hydrogen (secondary N) is 1. The summed E-state index contributed by atoms with van der Waals surface area (Å²) in [4.78, 5) is 15.1. The maximum absolute atomic E-state index is 12.9. The van der Waals surface area contributed by atoms with E-state index in [1.165, 1.54) is 12.8 Å². The number of likely N-dealkylation sites (tertiary alicyclic amines) is 1. The summed E-state index contributed by atoms with van der Waals surface area (Å²) in [6.45, 7) is 6.50. The molecule has 0 spiro atoms. The molecule has 150 valence electrons. The molecule has 2 fully saturated rings. The van der Waals surface area contributed by atoms with E-state index in [0.29, 0.717) is 24.9 Å². The second-order valence-electron chi connectivity index (χ2n) is 9.37. The van der Waals surface area contributed by atoms with Gasteiger partial charge in [-0.15, -0.1) is 0 Å². The van der Waals surface area contributed by atoms with Gasteiger partial charge in [-0.2, -0.15) is 0 Å². The lowest BCUT2D eigenvalue weighted by Gasteiger charge is -2.34. The highest BCUT2D eigenvalue weighted by molar-refractivity contribution is 5.82. The van der Waals surface area contributed by atoms with E-state index in [0.717, 1.165) is 18.4 Å². The number of amides is 1. The molecule has 2 aliphatic rings. The monoisotopic (exact) mass is 373 g/mol. The molecule has 0 aromatic heterocycles. The van der Waals surface area contributed by atoms with Crippen molar-refractivity contribution in [2.45, 2.75) is 82.6 Å². The molecule has 0 bridgehead atoms. The van der Waals surface area contributed by atoms with Gasteiger partial charge < -0.3 is 16.2 Å². The second kappa shape index (κ2) is 8.29. The molecule has 1 aromatic carbocycles. The van der Waals surface area contributed by atoms with Crippen LogP contribution in [-0.4, -0.2) is 52.2 Å². The minimum atomic E-state index is -0.644. The number of aliphatic hydroxyl groups excluding tert-OH is 1. The van der Waals surface area contributed by atoms with Crippen molar-refractivity contribution in [3.05, 3.63) is 35.9 Å². The summed E-state index contributed by atoms with van der Waals surface area (Å²) < 4.78 is 0. The molecular formula is C22H35N3O2. The third kappa shape index (κ3) is 5.09. The number of hydrogen-bond acceptors (Lipinski definition) is 4. The van der Waals surface area contributed by atoms with Crippen LogP contribution in [0.3, 0.4) is 0 Å². The third-order valence-corrected chi connectivity index (χ3v) is 5.98. The first-order valence-corrected chi connectivity index (χ1v) is 10.3. The van der Waals surface area contributed by atoms with E-state index in [1.54, 1.807) is 0 Å². The topological polar surface area (TPSA) is 78.6 Å². The van der Waals surface area contributed by atoms with E-state index in [4.69, 9.17) is 5.73 Å². The number of β-amino-alcohol motifs (C(OH)–C–C–N with tert-alkyl or cyclic N) is 1. The summed E-state index contributed by atoms with van der Waals surface area (Å²) in [6, 6.07) is 9.95. The average molecular weight is 374 g/mol. The lowest BCUT2D eigenvalue weighted by atomic mass is 10.0. The fourth-order valence-electron chi connectivity index (χ4n) is 4.73. The Hall–Kier alpha value is -1.43. The van der Waals surface area contributed by atoms with E-state index in [9.17, 15) is 9.90 Å². The van der Waals surface area contributed by atoms with Crippen molar-refractivity contribution in [1.29, 1.82) is 0 Å². The van der Waals surface area contributed by atoms with Crippen LogP contribution in [0, 0.1) is 5.92 Å². The van der Waals surface area contributed by atoms with Crippen LogP contribution >= 0.6 is 0 Å². The highest BCUT2D eigenvalue weighted by Crippen LogP contribution is 2.41. The van der Waals surface area contributed by atoms with Gasteiger partial charge in [-0.05, 0) is 57.9 Å². The van der Waals surface area contributed by atoms with Crippen molar-refractivity contribution in [1.82, 2.24) is 10.2 Å². The Labute approximate surface area is 163 Å². The van der Waals surface area contributed by atoms with Gasteiger partial charge >= 0.3 is 0 Å². The lowest BCUT2D eigenvalue weighted by molar-refractivity contribution is -0.128. The molecule has 1 amide bonds. The predicted octanol–water partition coefficient (Wildman–Crippen LogP) is 2.08. The summed E-state index contributed by atoms with van der Waals surface area (Å²) in [6.07, 6.45) is 4.41.